The average Bonchev–Trinajstić information content (AvgIpc) is 2.86. The lowest BCUT2D eigenvalue weighted by atomic mass is 10.2. The molecule has 1 N–H and O–H groups in total. The number of carbonyl (C=O) groups is 3. The molecule has 2 aromatic rings. The Hall–Kier alpha value is -2.67. The van der Waals surface area contributed by atoms with E-state index in [0.29, 0.717) is 11.4 Å². The molecule has 0 unspecified atom stereocenters. The molecule has 1 saturated heterocycles. The predicted octanol–water partition coefficient (Wildman–Crippen LogP) is 3.16. The number of benzene rings is 2. The summed E-state index contributed by atoms with van der Waals surface area (Å²) in [6, 6.07) is 13.9. The Morgan fingerprint density at radius 1 is 1.16 bits per heavy atom. The fraction of sp³-hybridized carbons (Fsp3) is 0.167. The monoisotopic (exact) mass is 401 g/mol. The first kappa shape index (κ1) is 17.2. The maximum Gasteiger partial charge on any atom is 0.332 e. The minimum absolute atomic E-state index is 0.0651. The average molecular weight is 402 g/mol. The van der Waals surface area contributed by atoms with Crippen molar-refractivity contribution in [3.63, 3.8) is 0 Å². The minimum Gasteiger partial charge on any atom is -0.323 e. The Kier molecular flexibility index (Phi) is 4.85. The van der Waals surface area contributed by atoms with Crippen molar-refractivity contribution < 1.29 is 14.4 Å². The molecule has 7 heteroatoms. The molecule has 1 fully saturated rings. The van der Waals surface area contributed by atoms with Gasteiger partial charge in [0.15, 0.2) is 0 Å². The van der Waals surface area contributed by atoms with Crippen LogP contribution in [0, 0.1) is 6.92 Å². The van der Waals surface area contributed by atoms with Crippen molar-refractivity contribution in [1.29, 1.82) is 0 Å². The number of anilines is 2. The third kappa shape index (κ3) is 3.71. The van der Waals surface area contributed by atoms with Crippen LogP contribution in [-0.4, -0.2) is 35.8 Å². The number of para-hydroxylation sites is 1. The first-order valence-corrected chi connectivity index (χ1v) is 8.48. The van der Waals surface area contributed by atoms with E-state index in [0.717, 1.165) is 14.9 Å². The topological polar surface area (TPSA) is 69.7 Å². The molecule has 3 rings (SSSR count). The van der Waals surface area contributed by atoms with Crippen LogP contribution in [0.5, 0.6) is 0 Å². The lowest BCUT2D eigenvalue weighted by Gasteiger charge is -2.17. The second-order valence-electron chi connectivity index (χ2n) is 5.72. The van der Waals surface area contributed by atoms with Crippen LogP contribution in [0.1, 0.15) is 5.56 Å². The van der Waals surface area contributed by atoms with E-state index < -0.39 is 17.8 Å². The normalized spacial score (nSPS) is 14.2. The summed E-state index contributed by atoms with van der Waals surface area (Å²) in [5.41, 5.74) is 2.27. The van der Waals surface area contributed by atoms with Crippen LogP contribution < -0.4 is 10.2 Å². The number of halogens is 1. The van der Waals surface area contributed by atoms with Crippen LogP contribution in [0.3, 0.4) is 0 Å². The van der Waals surface area contributed by atoms with Gasteiger partial charge in [-0.2, -0.15) is 0 Å². The SMILES string of the molecule is Cc1ccc(NC(=O)CN2C(=O)CN(c3ccccc3)C2=O)c(Br)c1. The van der Waals surface area contributed by atoms with Gasteiger partial charge in [0.1, 0.15) is 13.1 Å². The third-order valence-electron chi connectivity index (χ3n) is 3.82. The van der Waals surface area contributed by atoms with Crippen LogP contribution in [0.2, 0.25) is 0 Å². The summed E-state index contributed by atoms with van der Waals surface area (Å²) in [6.07, 6.45) is 0. The Morgan fingerprint density at radius 2 is 1.88 bits per heavy atom. The number of nitrogens with zero attached hydrogens (tertiary/aromatic N) is 2. The molecule has 128 valence electrons. The first-order valence-electron chi connectivity index (χ1n) is 7.68. The Labute approximate surface area is 153 Å². The molecule has 4 amide bonds. The summed E-state index contributed by atoms with van der Waals surface area (Å²) in [4.78, 5) is 39.2. The Balaban J connectivity index is 1.69. The molecule has 0 saturated carbocycles. The number of rotatable bonds is 4. The summed E-state index contributed by atoms with van der Waals surface area (Å²) in [6.45, 7) is 1.56. The largest absolute Gasteiger partial charge is 0.332 e. The zero-order valence-corrected chi connectivity index (χ0v) is 15.1. The quantitative estimate of drug-likeness (QED) is 0.799. The fourth-order valence-electron chi connectivity index (χ4n) is 2.56. The summed E-state index contributed by atoms with van der Waals surface area (Å²) < 4.78 is 0.742. The summed E-state index contributed by atoms with van der Waals surface area (Å²) in [7, 11) is 0. The number of urea groups is 1. The molecule has 0 bridgehead atoms. The van der Waals surface area contributed by atoms with Crippen molar-refractivity contribution in [3.05, 3.63) is 58.6 Å². The number of hydrogen-bond donors (Lipinski definition) is 1. The van der Waals surface area contributed by atoms with E-state index >= 15 is 0 Å². The number of nitrogens with one attached hydrogen (secondary N) is 1. The van der Waals surface area contributed by atoms with Gasteiger partial charge < -0.3 is 5.32 Å². The Bertz CT molecular complexity index is 839. The van der Waals surface area contributed by atoms with E-state index in [2.05, 4.69) is 21.2 Å². The van der Waals surface area contributed by atoms with Crippen LogP contribution in [0.25, 0.3) is 0 Å². The number of aryl methyl sites for hydroxylation is 1. The molecule has 1 aliphatic rings. The molecule has 0 spiro atoms. The second kappa shape index (κ2) is 7.06. The minimum atomic E-state index is -0.491. The van der Waals surface area contributed by atoms with Crippen molar-refractivity contribution in [3.8, 4) is 0 Å². The van der Waals surface area contributed by atoms with E-state index in [4.69, 9.17) is 0 Å². The molecule has 6 nitrogen and oxygen atoms in total. The molecule has 0 aliphatic carbocycles. The third-order valence-corrected chi connectivity index (χ3v) is 4.48. The summed E-state index contributed by atoms with van der Waals surface area (Å²) in [5, 5.41) is 2.71. The summed E-state index contributed by atoms with van der Waals surface area (Å²) >= 11 is 3.38. The van der Waals surface area contributed by atoms with E-state index in [1.807, 2.05) is 25.1 Å². The number of hydrogen-bond acceptors (Lipinski definition) is 3. The zero-order valence-electron chi connectivity index (χ0n) is 13.5. The molecule has 1 aliphatic heterocycles. The standard InChI is InChI=1S/C18H16BrN3O3/c1-12-7-8-15(14(19)9-12)20-16(23)10-22-17(24)11-21(18(22)25)13-5-3-2-4-6-13/h2-9H,10-11H2,1H3,(H,20,23). The molecule has 25 heavy (non-hydrogen) atoms. The van der Waals surface area contributed by atoms with Gasteiger partial charge >= 0.3 is 6.03 Å². The van der Waals surface area contributed by atoms with Gasteiger partial charge in [0.05, 0.1) is 5.69 Å². The van der Waals surface area contributed by atoms with E-state index in [9.17, 15) is 14.4 Å². The van der Waals surface area contributed by atoms with Crippen molar-refractivity contribution in [2.45, 2.75) is 6.92 Å². The lowest BCUT2D eigenvalue weighted by molar-refractivity contribution is -0.128. The molecular weight excluding hydrogens is 386 g/mol. The smallest absolute Gasteiger partial charge is 0.323 e. The highest BCUT2D eigenvalue weighted by molar-refractivity contribution is 9.10. The van der Waals surface area contributed by atoms with Gasteiger partial charge in [0, 0.05) is 10.2 Å². The van der Waals surface area contributed by atoms with Gasteiger partial charge in [-0.15, -0.1) is 0 Å². The highest BCUT2D eigenvalue weighted by atomic mass is 79.9. The maximum absolute atomic E-state index is 12.5. The van der Waals surface area contributed by atoms with Crippen molar-refractivity contribution in [1.82, 2.24) is 4.90 Å². The molecular formula is C18H16BrN3O3. The zero-order chi connectivity index (χ0) is 18.0. The van der Waals surface area contributed by atoms with Gasteiger partial charge in [-0.25, -0.2) is 4.79 Å². The first-order chi connectivity index (χ1) is 12.0. The highest BCUT2D eigenvalue weighted by Crippen LogP contribution is 2.24. The van der Waals surface area contributed by atoms with Gasteiger partial charge in [-0.3, -0.25) is 19.4 Å². The van der Waals surface area contributed by atoms with Crippen LogP contribution in [0.15, 0.2) is 53.0 Å². The van der Waals surface area contributed by atoms with Crippen LogP contribution >= 0.6 is 15.9 Å². The van der Waals surface area contributed by atoms with E-state index in [1.165, 1.54) is 4.90 Å². The van der Waals surface area contributed by atoms with Gasteiger partial charge in [0.2, 0.25) is 5.91 Å². The maximum atomic E-state index is 12.5. The van der Waals surface area contributed by atoms with Crippen molar-refractivity contribution in [2.75, 3.05) is 23.3 Å². The molecule has 2 aromatic carbocycles. The fourth-order valence-corrected chi connectivity index (χ4v) is 3.15. The lowest BCUT2D eigenvalue weighted by Crippen LogP contribution is -2.39. The molecule has 1 heterocycles. The molecule has 0 aromatic heterocycles. The molecule has 0 radical (unpaired) electrons. The van der Waals surface area contributed by atoms with Gasteiger partial charge in [-0.1, -0.05) is 24.3 Å². The summed E-state index contributed by atoms with van der Waals surface area (Å²) in [5.74, 6) is -0.826. The van der Waals surface area contributed by atoms with Gasteiger partial charge in [0.25, 0.3) is 5.91 Å². The predicted molar refractivity (Wildman–Crippen MR) is 98.4 cm³/mol. The van der Waals surface area contributed by atoms with E-state index in [1.54, 1.807) is 30.3 Å². The Morgan fingerprint density at radius 3 is 2.56 bits per heavy atom. The van der Waals surface area contributed by atoms with Crippen LogP contribution in [0.4, 0.5) is 16.2 Å². The number of imide groups is 1. The van der Waals surface area contributed by atoms with E-state index in [-0.39, 0.29) is 13.1 Å². The second-order valence-corrected chi connectivity index (χ2v) is 6.57. The highest BCUT2D eigenvalue weighted by Gasteiger charge is 2.37. The van der Waals surface area contributed by atoms with Crippen LogP contribution in [-0.2, 0) is 9.59 Å². The number of carbonyl (C=O) groups excluding carboxylic acids is 3. The van der Waals surface area contributed by atoms with Crippen molar-refractivity contribution in [2.24, 2.45) is 0 Å². The van der Waals surface area contributed by atoms with Crippen molar-refractivity contribution >= 4 is 45.2 Å². The number of amides is 4. The van der Waals surface area contributed by atoms with Gasteiger partial charge in [-0.05, 0) is 52.7 Å². The molecule has 0 atom stereocenters.